The van der Waals surface area contributed by atoms with Crippen LogP contribution < -0.4 is 5.32 Å². The minimum absolute atomic E-state index is 0.0154. The summed E-state index contributed by atoms with van der Waals surface area (Å²) >= 11 is 0. The van der Waals surface area contributed by atoms with Crippen LogP contribution in [0, 0.1) is 5.92 Å². The van der Waals surface area contributed by atoms with Gasteiger partial charge in [-0.2, -0.15) is 0 Å². The van der Waals surface area contributed by atoms with Crippen LogP contribution in [0.25, 0.3) is 0 Å². The zero-order valence-corrected chi connectivity index (χ0v) is 19.4. The number of amides is 1. The summed E-state index contributed by atoms with van der Waals surface area (Å²) in [6.45, 7) is 3.55. The molecule has 33 heavy (non-hydrogen) atoms. The molecule has 0 fully saturated rings. The van der Waals surface area contributed by atoms with Crippen molar-refractivity contribution in [2.45, 2.75) is 57.8 Å². The van der Waals surface area contributed by atoms with Crippen LogP contribution in [-0.4, -0.2) is 53.1 Å². The number of Topliss-reactive ketones (excluding diaryl/α,β-unsaturated/α-hetero) is 1. The van der Waals surface area contributed by atoms with Gasteiger partial charge in [0.05, 0.1) is 30.4 Å². The Morgan fingerprint density at radius 3 is 2.52 bits per heavy atom. The molecule has 2 bridgehead atoms. The molecule has 1 aliphatic carbocycles. The highest BCUT2D eigenvalue weighted by Gasteiger charge is 2.25. The highest BCUT2D eigenvalue weighted by atomic mass is 16.5. The van der Waals surface area contributed by atoms with Crippen LogP contribution >= 0.6 is 0 Å². The number of allylic oxidation sites excluding steroid dienone is 8. The molecule has 1 amide bonds. The van der Waals surface area contributed by atoms with Crippen molar-refractivity contribution in [3.05, 3.63) is 71.5 Å². The Kier molecular flexibility index (Phi) is 10.4. The van der Waals surface area contributed by atoms with E-state index in [1.165, 1.54) is 13.2 Å². The van der Waals surface area contributed by atoms with Crippen molar-refractivity contribution in [1.82, 2.24) is 5.32 Å². The Balaban J connectivity index is 2.25. The molecule has 0 saturated heterocycles. The van der Waals surface area contributed by atoms with Gasteiger partial charge in [-0.15, -0.1) is 0 Å². The topological polar surface area (TPSA) is 113 Å². The number of hydrogen-bond donors (Lipinski definition) is 3. The van der Waals surface area contributed by atoms with Crippen LogP contribution in [0.1, 0.15) is 39.5 Å². The number of carbonyl (C=O) groups is 3. The van der Waals surface area contributed by atoms with Gasteiger partial charge in [-0.1, -0.05) is 49.5 Å². The van der Waals surface area contributed by atoms with Crippen molar-refractivity contribution in [3.63, 3.8) is 0 Å². The second kappa shape index (κ2) is 13.0. The fourth-order valence-corrected chi connectivity index (χ4v) is 3.58. The quantitative estimate of drug-likeness (QED) is 0.414. The number of ether oxygens (including phenoxy) is 1. The number of fused-ring (bicyclic) bond motifs is 2. The number of carbonyl (C=O) groups excluding carboxylic acids is 3. The number of nitrogens with one attached hydrogen (secondary N) is 1. The number of ketones is 2. The van der Waals surface area contributed by atoms with Crippen molar-refractivity contribution < 1.29 is 29.3 Å². The zero-order valence-electron chi connectivity index (χ0n) is 19.4. The fourth-order valence-electron chi connectivity index (χ4n) is 3.58. The minimum atomic E-state index is -0.834. The molecular formula is C26H33NO6. The molecule has 0 radical (unpaired) electrons. The van der Waals surface area contributed by atoms with E-state index in [2.05, 4.69) is 5.32 Å². The van der Waals surface area contributed by atoms with E-state index in [4.69, 9.17) is 4.74 Å². The molecule has 2 aliphatic rings. The van der Waals surface area contributed by atoms with Crippen LogP contribution in [0.3, 0.4) is 0 Å². The van der Waals surface area contributed by atoms with E-state index in [0.717, 1.165) is 6.08 Å². The monoisotopic (exact) mass is 455 g/mol. The van der Waals surface area contributed by atoms with E-state index in [9.17, 15) is 24.6 Å². The predicted octanol–water partition coefficient (Wildman–Crippen LogP) is 2.63. The lowest BCUT2D eigenvalue weighted by Gasteiger charge is -2.24. The third-order valence-corrected chi connectivity index (χ3v) is 5.73. The first kappa shape index (κ1) is 26.4. The van der Waals surface area contributed by atoms with Gasteiger partial charge in [0.1, 0.15) is 0 Å². The maximum Gasteiger partial charge on any atom is 0.227 e. The van der Waals surface area contributed by atoms with Gasteiger partial charge < -0.3 is 20.3 Å². The van der Waals surface area contributed by atoms with E-state index in [0.29, 0.717) is 24.0 Å². The normalized spacial score (nSPS) is 32.9. The maximum absolute atomic E-state index is 12.8. The Bertz CT molecular complexity index is 921. The van der Waals surface area contributed by atoms with Gasteiger partial charge in [-0.25, -0.2) is 0 Å². The summed E-state index contributed by atoms with van der Waals surface area (Å²) in [6.07, 6.45) is 13.9. The van der Waals surface area contributed by atoms with Crippen molar-refractivity contribution >= 4 is 17.5 Å². The summed E-state index contributed by atoms with van der Waals surface area (Å²) in [6, 6.07) is 0. The molecule has 0 aromatic rings. The Morgan fingerprint density at radius 2 is 1.79 bits per heavy atom. The molecule has 0 saturated carbocycles. The number of rotatable bonds is 1. The molecular weight excluding hydrogens is 422 g/mol. The van der Waals surface area contributed by atoms with Crippen molar-refractivity contribution in [3.8, 4) is 0 Å². The highest BCUT2D eigenvalue weighted by molar-refractivity contribution is 6.21. The molecule has 1 heterocycles. The van der Waals surface area contributed by atoms with Gasteiger partial charge in [0.15, 0.2) is 5.78 Å². The summed E-state index contributed by atoms with van der Waals surface area (Å²) in [4.78, 5) is 37.3. The molecule has 7 nitrogen and oxygen atoms in total. The molecule has 0 aromatic carbocycles. The third-order valence-electron chi connectivity index (χ3n) is 5.73. The molecule has 4 atom stereocenters. The maximum atomic E-state index is 12.8. The first-order valence-electron chi connectivity index (χ1n) is 11.1. The number of methoxy groups -OCH3 is 1. The van der Waals surface area contributed by atoms with Gasteiger partial charge >= 0.3 is 0 Å². The van der Waals surface area contributed by atoms with E-state index < -0.39 is 30.0 Å². The average molecular weight is 456 g/mol. The van der Waals surface area contributed by atoms with Crippen molar-refractivity contribution in [1.29, 1.82) is 0 Å². The van der Waals surface area contributed by atoms with E-state index in [1.54, 1.807) is 50.3 Å². The Morgan fingerprint density at radius 1 is 1.06 bits per heavy atom. The van der Waals surface area contributed by atoms with Gasteiger partial charge in [0.25, 0.3) is 0 Å². The Labute approximate surface area is 194 Å². The third kappa shape index (κ3) is 8.20. The SMILES string of the molecule is CO[C@H]1/C=C/C=C/C=C/C[C@H](O)[C@H](C)[C@H](O)/C(C)=C\CCC2=CC(=O)C=C(NC(=O)C1)C2=O. The second-order valence-corrected chi connectivity index (χ2v) is 8.28. The first-order chi connectivity index (χ1) is 15.7. The summed E-state index contributed by atoms with van der Waals surface area (Å²) in [7, 11) is 1.48. The minimum Gasteiger partial charge on any atom is -0.392 e. The van der Waals surface area contributed by atoms with Crippen molar-refractivity contribution in [2.75, 3.05) is 7.11 Å². The number of hydrogen-bond acceptors (Lipinski definition) is 6. The smallest absolute Gasteiger partial charge is 0.227 e. The molecule has 178 valence electrons. The van der Waals surface area contributed by atoms with Crippen LogP contribution in [0.2, 0.25) is 0 Å². The zero-order chi connectivity index (χ0) is 24.4. The summed E-state index contributed by atoms with van der Waals surface area (Å²) in [5.41, 5.74) is 0.940. The fraction of sp³-hybridized carbons (Fsp3) is 0.423. The Hall–Kier alpha value is -2.87. The highest BCUT2D eigenvalue weighted by Crippen LogP contribution is 2.21. The summed E-state index contributed by atoms with van der Waals surface area (Å²) in [5.74, 6) is -1.58. The largest absolute Gasteiger partial charge is 0.392 e. The summed E-state index contributed by atoms with van der Waals surface area (Å²) in [5, 5.41) is 23.5. The van der Waals surface area contributed by atoms with E-state index in [1.807, 2.05) is 6.08 Å². The number of aliphatic hydroxyl groups excluding tert-OH is 2. The van der Waals surface area contributed by atoms with Gasteiger partial charge in [-0.05, 0) is 37.8 Å². The second-order valence-electron chi connectivity index (χ2n) is 8.28. The lowest BCUT2D eigenvalue weighted by Crippen LogP contribution is -2.32. The van der Waals surface area contributed by atoms with Crippen LogP contribution in [0.15, 0.2) is 71.5 Å². The van der Waals surface area contributed by atoms with Crippen LogP contribution in [0.5, 0.6) is 0 Å². The van der Waals surface area contributed by atoms with Crippen LogP contribution in [0.4, 0.5) is 0 Å². The molecule has 2 rings (SSSR count). The van der Waals surface area contributed by atoms with Crippen LogP contribution in [-0.2, 0) is 19.1 Å². The first-order valence-corrected chi connectivity index (χ1v) is 11.1. The lowest BCUT2D eigenvalue weighted by atomic mass is 9.90. The summed E-state index contributed by atoms with van der Waals surface area (Å²) < 4.78 is 5.30. The van der Waals surface area contributed by atoms with E-state index >= 15 is 0 Å². The predicted molar refractivity (Wildman–Crippen MR) is 126 cm³/mol. The molecule has 1 aliphatic heterocycles. The average Bonchev–Trinajstić information content (AvgIpc) is 2.78. The lowest BCUT2D eigenvalue weighted by molar-refractivity contribution is -0.124. The van der Waals surface area contributed by atoms with E-state index in [-0.39, 0.29) is 30.2 Å². The molecule has 0 aromatic heterocycles. The van der Waals surface area contributed by atoms with Gasteiger partial charge in [0.2, 0.25) is 11.7 Å². The molecule has 7 heteroatoms. The molecule has 0 spiro atoms. The van der Waals surface area contributed by atoms with Gasteiger partial charge in [-0.3, -0.25) is 14.4 Å². The van der Waals surface area contributed by atoms with Gasteiger partial charge in [0, 0.05) is 24.7 Å². The number of aliphatic hydroxyl groups is 2. The standard InChI is InChI=1S/C26H33NO6/c1-17-10-9-11-19-14-20(28)15-22(26(19)32)27-24(30)16-21(33-3)12-7-5-4-6-8-13-23(29)18(2)25(17)31/h4-8,10,12,14-15,18,21,23,25,29,31H,9,11,13,16H2,1-3H3,(H,27,30)/b5-4+,8-6+,12-7+,17-10-/t18-,21-,23-,25+/m0/s1. The van der Waals surface area contributed by atoms with Crippen molar-refractivity contribution in [2.24, 2.45) is 5.92 Å². The molecule has 0 unspecified atom stereocenters. The molecule has 3 N–H and O–H groups in total.